The maximum atomic E-state index is 12.2. The molecule has 0 atom stereocenters. The monoisotopic (exact) mass is 451 g/mol. The molecule has 0 spiro atoms. The van der Waals surface area contributed by atoms with Crippen molar-refractivity contribution in [2.45, 2.75) is 6.54 Å². The molecule has 1 aromatic heterocycles. The largest absolute Gasteiger partial charge is 0.493 e. The highest BCUT2D eigenvalue weighted by Crippen LogP contribution is 2.28. The molecule has 8 nitrogen and oxygen atoms in total. The molecule has 2 heterocycles. The highest BCUT2D eigenvalue weighted by atomic mass is 32.1. The lowest BCUT2D eigenvalue weighted by atomic mass is 10.1. The molecule has 0 saturated heterocycles. The number of benzene rings is 2. The normalized spacial score (nSPS) is 13.2. The third-order valence-electron chi connectivity index (χ3n) is 4.79. The van der Waals surface area contributed by atoms with Gasteiger partial charge in [0, 0.05) is 11.3 Å². The lowest BCUT2D eigenvalue weighted by Crippen LogP contribution is -2.35. The molecule has 0 saturated carbocycles. The Morgan fingerprint density at radius 2 is 1.91 bits per heavy atom. The van der Waals surface area contributed by atoms with Gasteiger partial charge in [0.1, 0.15) is 12.3 Å². The second-order valence-electron chi connectivity index (χ2n) is 6.86. The van der Waals surface area contributed by atoms with Crippen LogP contribution in [0.3, 0.4) is 0 Å². The minimum absolute atomic E-state index is 0.0680. The van der Waals surface area contributed by atoms with Crippen molar-refractivity contribution >= 4 is 34.7 Å². The Labute approximate surface area is 189 Å². The summed E-state index contributed by atoms with van der Waals surface area (Å²) in [6, 6.07) is 16.2. The quantitative estimate of drug-likeness (QED) is 0.576. The summed E-state index contributed by atoms with van der Waals surface area (Å²) in [5.74, 6) is 1.01. The van der Waals surface area contributed by atoms with E-state index in [0.717, 1.165) is 11.1 Å². The molecule has 1 aliphatic heterocycles. The Kier molecular flexibility index (Phi) is 6.37. The van der Waals surface area contributed by atoms with Crippen LogP contribution >= 0.6 is 11.3 Å². The number of ether oxygens (including phenoxy) is 3. The maximum Gasteiger partial charge on any atom is 0.431 e. The van der Waals surface area contributed by atoms with Crippen LogP contribution in [0.1, 0.15) is 20.8 Å². The Morgan fingerprint density at radius 1 is 1.12 bits per heavy atom. The number of nitrogens with one attached hydrogen (secondary N) is 1. The summed E-state index contributed by atoms with van der Waals surface area (Å²) in [6.07, 6.45) is -0.524. The molecule has 0 aliphatic carbocycles. The van der Waals surface area contributed by atoms with Crippen LogP contribution in [0.15, 0.2) is 65.1 Å². The number of hydrazone groups is 1. The van der Waals surface area contributed by atoms with Gasteiger partial charge in [-0.05, 0) is 47.3 Å². The summed E-state index contributed by atoms with van der Waals surface area (Å²) < 4.78 is 15.9. The zero-order chi connectivity index (χ0) is 22.5. The number of carbonyl (C=O) groups excluding carboxylic acids is 2. The van der Waals surface area contributed by atoms with E-state index in [-0.39, 0.29) is 19.1 Å². The standard InChI is InChI=1S/C23H21N3O5S/c1-29-19-10-7-16(12-20(19)30-2)18-14-31-23(28)26(25-18)13-15-5-8-17(9-6-15)24-22(27)21-4-3-11-32-21/h3-12H,13-14H2,1-2H3,(H,24,27). The van der Waals surface area contributed by atoms with Gasteiger partial charge < -0.3 is 19.5 Å². The lowest BCUT2D eigenvalue weighted by molar-refractivity contribution is 0.102. The number of thiophene rings is 1. The summed E-state index contributed by atoms with van der Waals surface area (Å²) in [4.78, 5) is 25.1. The fourth-order valence-corrected chi connectivity index (χ4v) is 3.76. The molecule has 0 radical (unpaired) electrons. The fraction of sp³-hybridized carbons (Fsp3) is 0.174. The predicted molar refractivity (Wildman–Crippen MR) is 122 cm³/mol. The number of nitrogens with zero attached hydrogens (tertiary/aromatic N) is 2. The molecular weight excluding hydrogens is 430 g/mol. The molecule has 9 heteroatoms. The van der Waals surface area contributed by atoms with E-state index in [1.165, 1.54) is 16.3 Å². The topological polar surface area (TPSA) is 89.5 Å². The first kappa shape index (κ1) is 21.4. The van der Waals surface area contributed by atoms with Gasteiger partial charge in [0.25, 0.3) is 5.91 Å². The second-order valence-corrected chi connectivity index (χ2v) is 7.80. The number of carbonyl (C=O) groups is 2. The Balaban J connectivity index is 1.47. The van der Waals surface area contributed by atoms with Gasteiger partial charge in [-0.1, -0.05) is 18.2 Å². The first-order valence-electron chi connectivity index (χ1n) is 9.75. The number of methoxy groups -OCH3 is 2. The van der Waals surface area contributed by atoms with E-state index < -0.39 is 6.09 Å². The van der Waals surface area contributed by atoms with E-state index in [0.29, 0.717) is 27.8 Å². The molecule has 3 aromatic rings. The zero-order valence-electron chi connectivity index (χ0n) is 17.5. The first-order chi connectivity index (χ1) is 15.6. The van der Waals surface area contributed by atoms with Crippen molar-refractivity contribution in [1.29, 1.82) is 0 Å². The van der Waals surface area contributed by atoms with Crippen molar-refractivity contribution in [2.75, 3.05) is 26.1 Å². The van der Waals surface area contributed by atoms with Gasteiger partial charge >= 0.3 is 6.09 Å². The molecule has 2 aromatic carbocycles. The highest BCUT2D eigenvalue weighted by molar-refractivity contribution is 7.12. The average molecular weight is 452 g/mol. The van der Waals surface area contributed by atoms with Gasteiger partial charge in [-0.2, -0.15) is 10.1 Å². The Hall–Kier alpha value is -3.85. The fourth-order valence-electron chi connectivity index (χ4n) is 3.14. The van der Waals surface area contributed by atoms with Crippen molar-refractivity contribution in [3.63, 3.8) is 0 Å². The van der Waals surface area contributed by atoms with E-state index in [4.69, 9.17) is 14.2 Å². The van der Waals surface area contributed by atoms with Crippen LogP contribution in [0.25, 0.3) is 0 Å². The highest BCUT2D eigenvalue weighted by Gasteiger charge is 2.23. The van der Waals surface area contributed by atoms with Gasteiger partial charge in [-0.3, -0.25) is 4.79 Å². The van der Waals surface area contributed by atoms with Crippen molar-refractivity contribution in [3.05, 3.63) is 76.0 Å². The Morgan fingerprint density at radius 3 is 2.59 bits per heavy atom. The van der Waals surface area contributed by atoms with Crippen LogP contribution in [-0.2, 0) is 11.3 Å². The number of rotatable bonds is 7. The van der Waals surface area contributed by atoms with Crippen molar-refractivity contribution in [1.82, 2.24) is 5.01 Å². The van der Waals surface area contributed by atoms with Crippen LogP contribution in [0.2, 0.25) is 0 Å². The maximum absolute atomic E-state index is 12.2. The summed E-state index contributed by atoms with van der Waals surface area (Å²) in [5.41, 5.74) is 2.88. The average Bonchev–Trinajstić information content (AvgIpc) is 3.36. The number of anilines is 1. The van der Waals surface area contributed by atoms with Gasteiger partial charge in [0.05, 0.1) is 25.6 Å². The lowest BCUT2D eigenvalue weighted by Gasteiger charge is -2.24. The third-order valence-corrected chi connectivity index (χ3v) is 5.66. The van der Waals surface area contributed by atoms with Crippen molar-refractivity contribution in [3.8, 4) is 11.5 Å². The third kappa shape index (κ3) is 4.73. The van der Waals surface area contributed by atoms with Gasteiger partial charge in [0.2, 0.25) is 0 Å². The van der Waals surface area contributed by atoms with Gasteiger partial charge in [-0.25, -0.2) is 4.79 Å². The summed E-state index contributed by atoms with van der Waals surface area (Å²) in [5, 5.41) is 10.5. The molecule has 0 unspecified atom stereocenters. The minimum atomic E-state index is -0.524. The summed E-state index contributed by atoms with van der Waals surface area (Å²) >= 11 is 1.38. The molecule has 1 N–H and O–H groups in total. The van der Waals surface area contributed by atoms with E-state index in [2.05, 4.69) is 10.4 Å². The molecule has 2 amide bonds. The van der Waals surface area contributed by atoms with Crippen LogP contribution in [0.4, 0.5) is 10.5 Å². The predicted octanol–water partition coefficient (Wildman–Crippen LogP) is 4.37. The van der Waals surface area contributed by atoms with Crippen LogP contribution in [0, 0.1) is 0 Å². The number of cyclic esters (lactones) is 1. The van der Waals surface area contributed by atoms with Crippen LogP contribution in [-0.4, -0.2) is 43.5 Å². The number of amides is 2. The molecule has 164 valence electrons. The smallest absolute Gasteiger partial charge is 0.431 e. The molecule has 32 heavy (non-hydrogen) atoms. The van der Waals surface area contributed by atoms with Gasteiger partial charge in [0.15, 0.2) is 11.5 Å². The molecular formula is C23H21N3O5S. The minimum Gasteiger partial charge on any atom is -0.493 e. The molecule has 0 fully saturated rings. The summed E-state index contributed by atoms with van der Waals surface area (Å²) in [7, 11) is 3.13. The van der Waals surface area contributed by atoms with Crippen LogP contribution < -0.4 is 14.8 Å². The van der Waals surface area contributed by atoms with E-state index >= 15 is 0 Å². The van der Waals surface area contributed by atoms with Crippen molar-refractivity contribution < 1.29 is 23.8 Å². The Bertz CT molecular complexity index is 1140. The zero-order valence-corrected chi connectivity index (χ0v) is 18.3. The van der Waals surface area contributed by atoms with E-state index in [1.54, 1.807) is 44.6 Å². The van der Waals surface area contributed by atoms with E-state index in [1.807, 2.05) is 29.6 Å². The second kappa shape index (κ2) is 9.52. The molecule has 1 aliphatic rings. The summed E-state index contributed by atoms with van der Waals surface area (Å²) in [6.45, 7) is 0.299. The SMILES string of the molecule is COc1ccc(C2=NN(Cc3ccc(NC(=O)c4cccs4)cc3)C(=O)OC2)cc1OC. The molecule has 4 rings (SSSR count). The van der Waals surface area contributed by atoms with Gasteiger partial charge in [-0.15, -0.1) is 11.3 Å². The van der Waals surface area contributed by atoms with E-state index in [9.17, 15) is 9.59 Å². The number of hydrogen-bond acceptors (Lipinski definition) is 7. The number of hydrogen-bond donors (Lipinski definition) is 1. The van der Waals surface area contributed by atoms with Crippen molar-refractivity contribution in [2.24, 2.45) is 5.10 Å². The molecule has 0 bridgehead atoms. The first-order valence-corrected chi connectivity index (χ1v) is 10.6. The van der Waals surface area contributed by atoms with Crippen LogP contribution in [0.5, 0.6) is 11.5 Å².